The minimum Gasteiger partial charge on any atom is -0.295 e. The molecule has 0 N–H and O–H groups in total. The van der Waals surface area contributed by atoms with E-state index in [9.17, 15) is 0 Å². The number of hydrogen-bond donors (Lipinski definition) is 0. The molecule has 0 spiro atoms. The monoisotopic (exact) mass is 368 g/mol. The Morgan fingerprint density at radius 3 is 2.50 bits per heavy atom. The normalized spacial score (nSPS) is 11.0. The van der Waals surface area contributed by atoms with Gasteiger partial charge in [-0.05, 0) is 59.0 Å². The Morgan fingerprint density at radius 2 is 1.78 bits per heavy atom. The van der Waals surface area contributed by atoms with E-state index >= 15 is 0 Å². The number of benzene rings is 2. The SMILES string of the molecule is ClCc1nc2ccccc2n1-c1ccc(I)cc1. The molecule has 0 radical (unpaired) electrons. The van der Waals surface area contributed by atoms with E-state index in [1.54, 1.807) is 0 Å². The first-order valence-corrected chi connectivity index (χ1v) is 7.19. The first-order valence-electron chi connectivity index (χ1n) is 5.58. The Labute approximate surface area is 124 Å². The molecule has 2 nitrogen and oxygen atoms in total. The largest absolute Gasteiger partial charge is 0.295 e. The van der Waals surface area contributed by atoms with Crippen molar-refractivity contribution in [3.8, 4) is 5.69 Å². The van der Waals surface area contributed by atoms with Gasteiger partial charge in [0.1, 0.15) is 5.82 Å². The highest BCUT2D eigenvalue weighted by Gasteiger charge is 2.10. The fourth-order valence-electron chi connectivity index (χ4n) is 2.04. The summed E-state index contributed by atoms with van der Waals surface area (Å²) in [4.78, 5) is 4.56. The third kappa shape index (κ3) is 2.01. The number of nitrogens with zero attached hydrogens (tertiary/aromatic N) is 2. The van der Waals surface area contributed by atoms with Gasteiger partial charge in [0.2, 0.25) is 0 Å². The summed E-state index contributed by atoms with van der Waals surface area (Å²) >= 11 is 8.30. The number of hydrogen-bond acceptors (Lipinski definition) is 1. The van der Waals surface area contributed by atoms with Crippen molar-refractivity contribution in [1.29, 1.82) is 0 Å². The van der Waals surface area contributed by atoms with Crippen LogP contribution < -0.4 is 0 Å². The highest BCUT2D eigenvalue weighted by molar-refractivity contribution is 14.1. The number of fused-ring (bicyclic) bond motifs is 1. The van der Waals surface area contributed by atoms with Crippen LogP contribution in [0.3, 0.4) is 0 Å². The first-order chi connectivity index (χ1) is 8.79. The van der Waals surface area contributed by atoms with Gasteiger partial charge in [0.15, 0.2) is 0 Å². The standard InChI is InChI=1S/C14H10ClIN2/c15-9-14-17-12-3-1-2-4-13(12)18(14)11-7-5-10(16)6-8-11/h1-8H,9H2. The fourth-order valence-corrected chi connectivity index (χ4v) is 2.58. The van der Waals surface area contributed by atoms with Crippen molar-refractivity contribution in [2.45, 2.75) is 5.88 Å². The molecule has 0 amide bonds. The summed E-state index contributed by atoms with van der Waals surface area (Å²) in [5, 5.41) is 0. The molecule has 0 saturated carbocycles. The van der Waals surface area contributed by atoms with Crippen LogP contribution in [0, 0.1) is 3.57 Å². The topological polar surface area (TPSA) is 17.8 Å². The molecular formula is C14H10ClIN2. The zero-order valence-electron chi connectivity index (χ0n) is 9.48. The molecule has 0 unspecified atom stereocenters. The maximum absolute atomic E-state index is 6.00. The van der Waals surface area contributed by atoms with Gasteiger partial charge < -0.3 is 0 Å². The molecule has 0 aliphatic heterocycles. The lowest BCUT2D eigenvalue weighted by atomic mass is 10.3. The van der Waals surface area contributed by atoms with Crippen LogP contribution >= 0.6 is 34.2 Å². The lowest BCUT2D eigenvalue weighted by molar-refractivity contribution is 0.981. The van der Waals surface area contributed by atoms with E-state index in [1.165, 1.54) is 3.57 Å². The van der Waals surface area contributed by atoms with Crippen molar-refractivity contribution in [2.75, 3.05) is 0 Å². The van der Waals surface area contributed by atoms with Crippen LogP contribution in [-0.4, -0.2) is 9.55 Å². The summed E-state index contributed by atoms with van der Waals surface area (Å²) < 4.78 is 3.33. The maximum atomic E-state index is 6.00. The minimum absolute atomic E-state index is 0.403. The summed E-state index contributed by atoms with van der Waals surface area (Å²) in [7, 11) is 0. The Hall–Kier alpha value is -1.07. The Morgan fingerprint density at radius 1 is 1.06 bits per heavy atom. The highest BCUT2D eigenvalue weighted by atomic mass is 127. The second-order valence-electron chi connectivity index (χ2n) is 3.96. The lowest BCUT2D eigenvalue weighted by Crippen LogP contribution is -1.98. The lowest BCUT2D eigenvalue weighted by Gasteiger charge is -2.07. The number of rotatable bonds is 2. The Balaban J connectivity index is 2.29. The van der Waals surface area contributed by atoms with Gasteiger partial charge in [0.05, 0.1) is 16.9 Å². The summed E-state index contributed by atoms with van der Waals surface area (Å²) in [5.41, 5.74) is 3.17. The van der Waals surface area contributed by atoms with Gasteiger partial charge in [-0.2, -0.15) is 0 Å². The second kappa shape index (κ2) is 4.90. The van der Waals surface area contributed by atoms with Gasteiger partial charge in [-0.1, -0.05) is 12.1 Å². The average Bonchev–Trinajstić information content (AvgIpc) is 2.78. The van der Waals surface area contributed by atoms with E-state index in [1.807, 2.05) is 18.2 Å². The van der Waals surface area contributed by atoms with E-state index in [0.717, 1.165) is 22.5 Å². The summed E-state index contributed by atoms with van der Waals surface area (Å²) in [5.74, 6) is 1.28. The molecule has 3 rings (SSSR count). The van der Waals surface area contributed by atoms with Crippen molar-refractivity contribution in [2.24, 2.45) is 0 Å². The number of halogens is 2. The van der Waals surface area contributed by atoms with Crippen molar-refractivity contribution < 1.29 is 0 Å². The quantitative estimate of drug-likeness (QED) is 0.485. The summed E-state index contributed by atoms with van der Waals surface area (Å²) in [6.07, 6.45) is 0. The Kier molecular flexibility index (Phi) is 3.26. The molecule has 18 heavy (non-hydrogen) atoms. The van der Waals surface area contributed by atoms with Gasteiger partial charge in [-0.3, -0.25) is 4.57 Å². The van der Waals surface area contributed by atoms with E-state index < -0.39 is 0 Å². The molecule has 0 aliphatic rings. The first kappa shape index (κ1) is 12.0. The third-order valence-corrected chi connectivity index (χ3v) is 3.79. The molecule has 1 aromatic heterocycles. The zero-order chi connectivity index (χ0) is 12.5. The molecule has 4 heteroatoms. The maximum Gasteiger partial charge on any atom is 0.129 e. The number of alkyl halides is 1. The Bertz CT molecular complexity index is 689. The molecule has 0 saturated heterocycles. The zero-order valence-corrected chi connectivity index (χ0v) is 12.4. The molecule has 1 heterocycles. The fraction of sp³-hybridized carbons (Fsp3) is 0.0714. The molecule has 0 aliphatic carbocycles. The predicted molar refractivity (Wildman–Crippen MR) is 83.3 cm³/mol. The molecule has 0 atom stereocenters. The van der Waals surface area contributed by atoms with Gasteiger partial charge in [-0.15, -0.1) is 11.6 Å². The molecule has 2 aromatic carbocycles. The van der Waals surface area contributed by atoms with E-state index in [-0.39, 0.29) is 0 Å². The van der Waals surface area contributed by atoms with E-state index in [0.29, 0.717) is 5.88 Å². The van der Waals surface area contributed by atoms with Crippen LogP contribution in [-0.2, 0) is 5.88 Å². The third-order valence-electron chi connectivity index (χ3n) is 2.83. The van der Waals surface area contributed by atoms with Crippen LogP contribution in [0.15, 0.2) is 48.5 Å². The van der Waals surface area contributed by atoms with Crippen molar-refractivity contribution in [1.82, 2.24) is 9.55 Å². The van der Waals surface area contributed by atoms with Crippen LogP contribution in [0.25, 0.3) is 16.7 Å². The summed E-state index contributed by atoms with van der Waals surface area (Å²) in [6.45, 7) is 0. The average molecular weight is 369 g/mol. The van der Waals surface area contributed by atoms with Crippen LogP contribution in [0.5, 0.6) is 0 Å². The van der Waals surface area contributed by atoms with Crippen molar-refractivity contribution >= 4 is 45.2 Å². The van der Waals surface area contributed by atoms with Gasteiger partial charge in [0.25, 0.3) is 0 Å². The van der Waals surface area contributed by atoms with Gasteiger partial charge in [0, 0.05) is 9.26 Å². The van der Waals surface area contributed by atoms with E-state index in [2.05, 4.69) is 62.5 Å². The summed E-state index contributed by atoms with van der Waals surface area (Å²) in [6, 6.07) is 16.4. The van der Waals surface area contributed by atoms with Crippen molar-refractivity contribution in [3.05, 3.63) is 57.9 Å². The number of aromatic nitrogens is 2. The molecule has 90 valence electrons. The smallest absolute Gasteiger partial charge is 0.129 e. The number of para-hydroxylation sites is 2. The minimum atomic E-state index is 0.403. The molecular weight excluding hydrogens is 359 g/mol. The van der Waals surface area contributed by atoms with E-state index in [4.69, 9.17) is 11.6 Å². The van der Waals surface area contributed by atoms with Crippen LogP contribution in [0.4, 0.5) is 0 Å². The molecule has 3 aromatic rings. The number of imidazole rings is 1. The van der Waals surface area contributed by atoms with Crippen LogP contribution in [0.1, 0.15) is 5.82 Å². The van der Waals surface area contributed by atoms with Crippen molar-refractivity contribution in [3.63, 3.8) is 0 Å². The van der Waals surface area contributed by atoms with Crippen LogP contribution in [0.2, 0.25) is 0 Å². The molecule has 0 bridgehead atoms. The molecule has 0 fully saturated rings. The predicted octanol–water partition coefficient (Wildman–Crippen LogP) is 4.37. The highest BCUT2D eigenvalue weighted by Crippen LogP contribution is 2.23. The van der Waals surface area contributed by atoms with Gasteiger partial charge in [-0.25, -0.2) is 4.98 Å². The van der Waals surface area contributed by atoms with Gasteiger partial charge >= 0.3 is 0 Å². The second-order valence-corrected chi connectivity index (χ2v) is 5.48.